The third kappa shape index (κ3) is 17.9. The molecule has 122 valence electrons. The Morgan fingerprint density at radius 3 is 2.00 bits per heavy atom. The lowest BCUT2D eigenvalue weighted by atomic mass is 10.1. The van der Waals surface area contributed by atoms with Crippen molar-refractivity contribution in [3.05, 3.63) is 0 Å². The van der Waals surface area contributed by atoms with Crippen molar-refractivity contribution in [1.82, 2.24) is 5.32 Å². The first-order valence-corrected chi connectivity index (χ1v) is 8.81. The maximum absolute atomic E-state index is 5.65. The summed E-state index contributed by atoms with van der Waals surface area (Å²) in [5, 5.41) is 3.32. The van der Waals surface area contributed by atoms with Crippen molar-refractivity contribution in [3.8, 4) is 0 Å². The zero-order valence-corrected chi connectivity index (χ0v) is 14.0. The highest BCUT2D eigenvalue weighted by Crippen LogP contribution is 2.09. The van der Waals surface area contributed by atoms with Crippen LogP contribution in [0.1, 0.15) is 78.1 Å². The van der Waals surface area contributed by atoms with E-state index in [-0.39, 0.29) is 6.04 Å². The van der Waals surface area contributed by atoms with E-state index in [0.29, 0.717) is 0 Å². The molecule has 0 aliphatic carbocycles. The highest BCUT2D eigenvalue weighted by atomic mass is 16.5. The molecule has 3 heteroatoms. The van der Waals surface area contributed by atoms with Gasteiger partial charge in [0, 0.05) is 25.8 Å². The van der Waals surface area contributed by atoms with Crippen LogP contribution in [0.5, 0.6) is 0 Å². The molecule has 0 aromatic rings. The maximum Gasteiger partial charge on any atom is 0.0478 e. The van der Waals surface area contributed by atoms with Crippen LogP contribution in [-0.4, -0.2) is 32.3 Å². The summed E-state index contributed by atoms with van der Waals surface area (Å²) in [6.45, 7) is 8.02. The fourth-order valence-electron chi connectivity index (χ4n) is 2.25. The Labute approximate surface area is 127 Å². The lowest BCUT2D eigenvalue weighted by molar-refractivity contribution is 0.127. The Bertz CT molecular complexity index is 174. The van der Waals surface area contributed by atoms with Crippen LogP contribution in [0, 0.1) is 0 Å². The Morgan fingerprint density at radius 1 is 0.850 bits per heavy atom. The van der Waals surface area contributed by atoms with Crippen molar-refractivity contribution in [2.45, 2.75) is 84.1 Å². The number of nitrogens with two attached hydrogens (primary N) is 1. The number of ether oxygens (including phenoxy) is 1. The van der Waals surface area contributed by atoms with Gasteiger partial charge in [-0.15, -0.1) is 0 Å². The fourth-order valence-corrected chi connectivity index (χ4v) is 2.25. The first kappa shape index (κ1) is 19.9. The van der Waals surface area contributed by atoms with Crippen LogP contribution in [-0.2, 0) is 4.74 Å². The summed E-state index contributed by atoms with van der Waals surface area (Å²) < 4.78 is 5.63. The summed E-state index contributed by atoms with van der Waals surface area (Å²) in [7, 11) is 0. The van der Waals surface area contributed by atoms with Crippen molar-refractivity contribution in [3.63, 3.8) is 0 Å². The summed E-state index contributed by atoms with van der Waals surface area (Å²) in [5.74, 6) is 0. The molecule has 20 heavy (non-hydrogen) atoms. The predicted octanol–water partition coefficient (Wildman–Crippen LogP) is 3.86. The van der Waals surface area contributed by atoms with Crippen LogP contribution in [0.4, 0.5) is 0 Å². The standard InChI is InChI=1S/C17H38N2O/c1-3-4-5-6-7-8-9-10-11-14-20-15-12-13-19-16-17(2)18/h17,19H,3-16,18H2,1-2H3. The van der Waals surface area contributed by atoms with E-state index in [1.165, 1.54) is 57.8 Å². The first-order chi connectivity index (χ1) is 9.77. The lowest BCUT2D eigenvalue weighted by Crippen LogP contribution is -2.31. The highest BCUT2D eigenvalue weighted by Gasteiger charge is 1.94. The molecule has 0 saturated carbocycles. The molecule has 3 nitrogen and oxygen atoms in total. The van der Waals surface area contributed by atoms with Gasteiger partial charge in [-0.1, -0.05) is 58.3 Å². The second-order valence-corrected chi connectivity index (χ2v) is 5.98. The Morgan fingerprint density at radius 2 is 1.40 bits per heavy atom. The van der Waals surface area contributed by atoms with E-state index in [2.05, 4.69) is 12.2 Å². The third-order valence-electron chi connectivity index (χ3n) is 3.50. The fraction of sp³-hybridized carbons (Fsp3) is 1.00. The molecule has 1 unspecified atom stereocenters. The maximum atomic E-state index is 5.65. The first-order valence-electron chi connectivity index (χ1n) is 8.81. The van der Waals surface area contributed by atoms with Crippen LogP contribution >= 0.6 is 0 Å². The molecule has 0 aromatic carbocycles. The van der Waals surface area contributed by atoms with Gasteiger partial charge in [-0.3, -0.25) is 0 Å². The smallest absolute Gasteiger partial charge is 0.0478 e. The number of hydrogen-bond donors (Lipinski definition) is 2. The van der Waals surface area contributed by atoms with E-state index in [4.69, 9.17) is 10.5 Å². The molecular formula is C17H38N2O. The predicted molar refractivity (Wildman–Crippen MR) is 89.2 cm³/mol. The van der Waals surface area contributed by atoms with Crippen molar-refractivity contribution in [2.24, 2.45) is 5.73 Å². The second kappa shape index (κ2) is 16.9. The summed E-state index contributed by atoms with van der Waals surface area (Å²) in [4.78, 5) is 0. The average Bonchev–Trinajstić information content (AvgIpc) is 2.43. The second-order valence-electron chi connectivity index (χ2n) is 5.98. The normalized spacial score (nSPS) is 12.8. The molecule has 0 amide bonds. The minimum Gasteiger partial charge on any atom is -0.381 e. The van der Waals surface area contributed by atoms with E-state index in [9.17, 15) is 0 Å². The zero-order valence-electron chi connectivity index (χ0n) is 14.0. The van der Waals surface area contributed by atoms with Crippen LogP contribution in [0.15, 0.2) is 0 Å². The number of unbranched alkanes of at least 4 members (excludes halogenated alkanes) is 8. The molecule has 0 aliphatic rings. The molecule has 0 bridgehead atoms. The molecule has 0 fully saturated rings. The van der Waals surface area contributed by atoms with Gasteiger partial charge < -0.3 is 15.8 Å². The van der Waals surface area contributed by atoms with Crippen LogP contribution in [0.3, 0.4) is 0 Å². The topological polar surface area (TPSA) is 47.3 Å². The summed E-state index contributed by atoms with van der Waals surface area (Å²) in [6.07, 6.45) is 13.5. The largest absolute Gasteiger partial charge is 0.381 e. The van der Waals surface area contributed by atoms with Crippen LogP contribution in [0.2, 0.25) is 0 Å². The van der Waals surface area contributed by atoms with Crippen LogP contribution < -0.4 is 11.1 Å². The van der Waals surface area contributed by atoms with Gasteiger partial charge in [-0.25, -0.2) is 0 Å². The van der Waals surface area contributed by atoms with Gasteiger partial charge in [0.25, 0.3) is 0 Å². The average molecular weight is 287 g/mol. The monoisotopic (exact) mass is 286 g/mol. The summed E-state index contributed by atoms with van der Waals surface area (Å²) >= 11 is 0. The van der Waals surface area contributed by atoms with Gasteiger partial charge in [0.2, 0.25) is 0 Å². The number of rotatable bonds is 16. The van der Waals surface area contributed by atoms with E-state index < -0.39 is 0 Å². The third-order valence-corrected chi connectivity index (χ3v) is 3.50. The van der Waals surface area contributed by atoms with E-state index in [0.717, 1.165) is 32.7 Å². The number of hydrogen-bond acceptors (Lipinski definition) is 3. The van der Waals surface area contributed by atoms with Gasteiger partial charge in [0.1, 0.15) is 0 Å². The molecule has 0 aromatic heterocycles. The minimum atomic E-state index is 0.248. The molecule has 0 heterocycles. The molecule has 3 N–H and O–H groups in total. The van der Waals surface area contributed by atoms with Crippen molar-refractivity contribution in [1.29, 1.82) is 0 Å². The van der Waals surface area contributed by atoms with Gasteiger partial charge in [-0.05, 0) is 26.3 Å². The minimum absolute atomic E-state index is 0.248. The van der Waals surface area contributed by atoms with Crippen molar-refractivity contribution >= 4 is 0 Å². The Hall–Kier alpha value is -0.120. The van der Waals surface area contributed by atoms with E-state index >= 15 is 0 Å². The SMILES string of the molecule is CCCCCCCCCCCOCCCNCC(C)N. The zero-order chi connectivity index (χ0) is 14.9. The molecule has 0 spiro atoms. The van der Waals surface area contributed by atoms with Gasteiger partial charge in [0.05, 0.1) is 0 Å². The van der Waals surface area contributed by atoms with Gasteiger partial charge in [-0.2, -0.15) is 0 Å². The Kier molecular flexibility index (Phi) is 16.8. The van der Waals surface area contributed by atoms with E-state index in [1.807, 2.05) is 6.92 Å². The quantitative estimate of drug-likeness (QED) is 0.424. The lowest BCUT2D eigenvalue weighted by Gasteiger charge is -2.08. The number of nitrogens with one attached hydrogen (secondary N) is 1. The molecule has 1 atom stereocenters. The molecule has 0 saturated heterocycles. The Balaban J connectivity index is 2.92. The summed E-state index contributed by atoms with van der Waals surface area (Å²) in [6, 6.07) is 0.248. The molecule has 0 rings (SSSR count). The van der Waals surface area contributed by atoms with Crippen molar-refractivity contribution < 1.29 is 4.74 Å². The van der Waals surface area contributed by atoms with Crippen LogP contribution in [0.25, 0.3) is 0 Å². The van der Waals surface area contributed by atoms with Gasteiger partial charge >= 0.3 is 0 Å². The summed E-state index contributed by atoms with van der Waals surface area (Å²) in [5.41, 5.74) is 5.65. The molecule has 0 aliphatic heterocycles. The molecule has 0 radical (unpaired) electrons. The molecular weight excluding hydrogens is 248 g/mol. The van der Waals surface area contributed by atoms with E-state index in [1.54, 1.807) is 0 Å². The highest BCUT2D eigenvalue weighted by molar-refractivity contribution is 4.56. The van der Waals surface area contributed by atoms with Crippen molar-refractivity contribution in [2.75, 3.05) is 26.3 Å². The van der Waals surface area contributed by atoms with Gasteiger partial charge in [0.15, 0.2) is 0 Å².